The Morgan fingerprint density at radius 3 is 2.69 bits per heavy atom. The predicted octanol–water partition coefficient (Wildman–Crippen LogP) is 3.33. The van der Waals surface area contributed by atoms with Crippen LogP contribution >= 0.6 is 11.6 Å². The molecule has 146 valence electrons. The molecular formula is C18H27ClN2O5. The summed E-state index contributed by atoms with van der Waals surface area (Å²) in [5.41, 5.74) is 0.345. The summed E-state index contributed by atoms with van der Waals surface area (Å²) < 4.78 is 21.6. The lowest BCUT2D eigenvalue weighted by Gasteiger charge is -2.37. The maximum Gasteiger partial charge on any atom is 0.407 e. The molecule has 1 heterocycles. The topological polar surface area (TPSA) is 78.9 Å². The van der Waals surface area contributed by atoms with Crippen LogP contribution in [0.25, 0.3) is 0 Å². The molecule has 8 heteroatoms. The number of aromatic nitrogens is 1. The van der Waals surface area contributed by atoms with E-state index in [2.05, 4.69) is 10.3 Å². The van der Waals surface area contributed by atoms with E-state index in [4.69, 9.17) is 30.5 Å². The monoisotopic (exact) mass is 386 g/mol. The van der Waals surface area contributed by atoms with Gasteiger partial charge in [-0.25, -0.2) is 9.78 Å². The van der Waals surface area contributed by atoms with Gasteiger partial charge in [-0.1, -0.05) is 11.6 Å². The van der Waals surface area contributed by atoms with E-state index in [1.807, 2.05) is 20.8 Å². The summed E-state index contributed by atoms with van der Waals surface area (Å²) in [7, 11) is 1.61. The Balaban J connectivity index is 1.82. The van der Waals surface area contributed by atoms with Crippen LogP contribution in [0.5, 0.6) is 5.88 Å². The summed E-state index contributed by atoms with van der Waals surface area (Å²) in [4.78, 5) is 16.0. The lowest BCUT2D eigenvalue weighted by molar-refractivity contribution is -0.0391. The molecule has 0 aliphatic heterocycles. The summed E-state index contributed by atoms with van der Waals surface area (Å²) in [5.74, 6) is 0.435. The van der Waals surface area contributed by atoms with Crippen LogP contribution in [0.4, 0.5) is 4.79 Å². The van der Waals surface area contributed by atoms with Gasteiger partial charge in [-0.05, 0) is 45.2 Å². The molecule has 2 rings (SSSR count). The molecule has 1 saturated carbocycles. The molecule has 1 aliphatic carbocycles. The van der Waals surface area contributed by atoms with Crippen molar-refractivity contribution >= 4 is 17.7 Å². The maximum absolute atomic E-state index is 11.9. The smallest absolute Gasteiger partial charge is 0.407 e. The number of amides is 1. The lowest BCUT2D eigenvalue weighted by Crippen LogP contribution is -2.52. The number of alkyl carbamates (subject to hydrolysis) is 1. The van der Waals surface area contributed by atoms with Crippen molar-refractivity contribution < 1.29 is 23.7 Å². The fourth-order valence-corrected chi connectivity index (χ4v) is 2.63. The predicted molar refractivity (Wildman–Crippen MR) is 97.6 cm³/mol. The first-order chi connectivity index (χ1) is 12.3. The van der Waals surface area contributed by atoms with E-state index >= 15 is 0 Å². The van der Waals surface area contributed by atoms with E-state index in [9.17, 15) is 4.79 Å². The number of nitrogens with one attached hydrogen (secondary N) is 1. The highest BCUT2D eigenvalue weighted by atomic mass is 35.5. The second-order valence-electron chi connectivity index (χ2n) is 7.16. The summed E-state index contributed by atoms with van der Waals surface area (Å²) in [6, 6.07) is 3.48. The minimum atomic E-state index is -0.517. The van der Waals surface area contributed by atoms with Crippen molar-refractivity contribution in [1.82, 2.24) is 10.3 Å². The van der Waals surface area contributed by atoms with Gasteiger partial charge < -0.3 is 24.3 Å². The zero-order chi connectivity index (χ0) is 19.2. The summed E-state index contributed by atoms with van der Waals surface area (Å²) in [6.07, 6.45) is 1.28. The van der Waals surface area contributed by atoms with Gasteiger partial charge in [-0.3, -0.25) is 0 Å². The van der Waals surface area contributed by atoms with Gasteiger partial charge in [0.25, 0.3) is 0 Å². The third kappa shape index (κ3) is 6.97. The van der Waals surface area contributed by atoms with Crippen LogP contribution in [0.1, 0.15) is 39.2 Å². The highest BCUT2D eigenvalue weighted by molar-refractivity contribution is 6.29. The maximum atomic E-state index is 11.9. The number of carbonyl (C=O) groups excluding carboxylic acids is 1. The number of carbonyl (C=O) groups is 1. The minimum absolute atomic E-state index is 0.0421. The Bertz CT molecular complexity index is 606. The van der Waals surface area contributed by atoms with Gasteiger partial charge in [-0.2, -0.15) is 0 Å². The van der Waals surface area contributed by atoms with Crippen LogP contribution in [-0.2, 0) is 20.8 Å². The molecule has 26 heavy (non-hydrogen) atoms. The molecule has 7 nitrogen and oxygen atoms in total. The van der Waals surface area contributed by atoms with Crippen molar-refractivity contribution in [2.24, 2.45) is 0 Å². The summed E-state index contributed by atoms with van der Waals surface area (Å²) in [5, 5.41) is 3.20. The van der Waals surface area contributed by atoms with Crippen molar-refractivity contribution in [3.63, 3.8) is 0 Å². The van der Waals surface area contributed by atoms with Crippen molar-refractivity contribution in [3.05, 3.63) is 22.8 Å². The van der Waals surface area contributed by atoms with Crippen LogP contribution in [0.2, 0.25) is 5.15 Å². The Labute approximate surface area is 159 Å². The number of methoxy groups -OCH3 is 1. The molecule has 1 aromatic rings. The van der Waals surface area contributed by atoms with Gasteiger partial charge in [-0.15, -0.1) is 0 Å². The van der Waals surface area contributed by atoms with Crippen LogP contribution in [0.3, 0.4) is 0 Å². The van der Waals surface area contributed by atoms with E-state index in [0.29, 0.717) is 30.9 Å². The van der Waals surface area contributed by atoms with Gasteiger partial charge in [0.1, 0.15) is 17.4 Å². The van der Waals surface area contributed by atoms with E-state index in [1.54, 1.807) is 19.2 Å². The molecule has 1 aliphatic rings. The number of pyridine rings is 1. The molecule has 2 atom stereocenters. The van der Waals surface area contributed by atoms with Gasteiger partial charge in [0, 0.05) is 13.2 Å². The zero-order valence-electron chi connectivity index (χ0n) is 15.7. The largest absolute Gasteiger partial charge is 0.475 e. The third-order valence-corrected chi connectivity index (χ3v) is 3.94. The third-order valence-electron chi connectivity index (χ3n) is 3.74. The molecule has 0 radical (unpaired) electrons. The first-order valence-corrected chi connectivity index (χ1v) is 9.04. The van der Waals surface area contributed by atoms with Crippen LogP contribution < -0.4 is 10.1 Å². The summed E-state index contributed by atoms with van der Waals surface area (Å²) in [6.45, 7) is 6.73. The molecule has 1 fully saturated rings. The lowest BCUT2D eigenvalue weighted by atomic mass is 9.89. The van der Waals surface area contributed by atoms with E-state index in [1.165, 1.54) is 0 Å². The van der Waals surface area contributed by atoms with Gasteiger partial charge in [0.2, 0.25) is 5.88 Å². The number of rotatable bonds is 8. The van der Waals surface area contributed by atoms with E-state index in [0.717, 1.165) is 18.4 Å². The molecule has 1 aromatic heterocycles. The molecular weight excluding hydrogens is 360 g/mol. The normalized spacial score (nSPS) is 19.6. The molecule has 1 N–H and O–H groups in total. The second kappa shape index (κ2) is 9.39. The Hall–Kier alpha value is -1.57. The quantitative estimate of drug-likeness (QED) is 0.545. The van der Waals surface area contributed by atoms with Crippen LogP contribution in [0, 0.1) is 0 Å². The number of hydrogen-bond acceptors (Lipinski definition) is 6. The van der Waals surface area contributed by atoms with Crippen LogP contribution in [-0.4, -0.2) is 49.1 Å². The number of nitrogens with zero attached hydrogens (tertiary/aromatic N) is 1. The minimum Gasteiger partial charge on any atom is -0.475 e. The average molecular weight is 387 g/mol. The SMILES string of the molecule is COCCOc1cc(CO[C@@H]2CC[C@H]2NC(=O)OC(C)(C)C)cc(Cl)n1. The Morgan fingerprint density at radius 1 is 1.31 bits per heavy atom. The van der Waals surface area contributed by atoms with Crippen molar-refractivity contribution in [2.45, 2.75) is 58.0 Å². The first kappa shape index (κ1) is 20.7. The van der Waals surface area contributed by atoms with Gasteiger partial charge >= 0.3 is 6.09 Å². The fraction of sp³-hybridized carbons (Fsp3) is 0.667. The summed E-state index contributed by atoms with van der Waals surface area (Å²) >= 11 is 6.03. The van der Waals surface area contributed by atoms with Crippen molar-refractivity contribution in [1.29, 1.82) is 0 Å². The first-order valence-electron chi connectivity index (χ1n) is 8.66. The molecule has 0 bridgehead atoms. The Morgan fingerprint density at radius 2 is 2.08 bits per heavy atom. The zero-order valence-corrected chi connectivity index (χ0v) is 16.5. The second-order valence-corrected chi connectivity index (χ2v) is 7.54. The molecule has 0 aromatic carbocycles. The van der Waals surface area contributed by atoms with E-state index in [-0.39, 0.29) is 12.1 Å². The van der Waals surface area contributed by atoms with Gasteiger partial charge in [0.05, 0.1) is 25.4 Å². The molecule has 0 spiro atoms. The Kier molecular flexibility index (Phi) is 7.49. The van der Waals surface area contributed by atoms with Crippen LogP contribution in [0.15, 0.2) is 12.1 Å². The highest BCUT2D eigenvalue weighted by Crippen LogP contribution is 2.26. The fourth-order valence-electron chi connectivity index (χ4n) is 2.41. The standard InChI is InChI=1S/C18H27ClN2O5/c1-18(2,3)26-17(22)20-13-5-6-14(13)25-11-12-9-15(19)21-16(10-12)24-8-7-23-4/h9-10,13-14H,5-8,11H2,1-4H3,(H,20,22)/t13-,14-/m1/s1. The highest BCUT2D eigenvalue weighted by Gasteiger charge is 2.34. The number of hydrogen-bond donors (Lipinski definition) is 1. The number of halogens is 1. The molecule has 0 unspecified atom stereocenters. The molecule has 0 saturated heterocycles. The van der Waals surface area contributed by atoms with Crippen molar-refractivity contribution in [3.8, 4) is 5.88 Å². The average Bonchev–Trinajstić information content (AvgIpc) is 2.50. The van der Waals surface area contributed by atoms with E-state index < -0.39 is 11.7 Å². The molecule has 1 amide bonds. The van der Waals surface area contributed by atoms with Crippen molar-refractivity contribution in [2.75, 3.05) is 20.3 Å². The number of ether oxygens (including phenoxy) is 4. The van der Waals surface area contributed by atoms with Gasteiger partial charge in [0.15, 0.2) is 0 Å².